The predicted molar refractivity (Wildman–Crippen MR) is 138 cm³/mol. The van der Waals surface area contributed by atoms with Crippen LogP contribution in [0.2, 0.25) is 0 Å². The summed E-state index contributed by atoms with van der Waals surface area (Å²) in [6.07, 6.45) is 2.34. The van der Waals surface area contributed by atoms with E-state index >= 15 is 0 Å². The molecule has 2 atom stereocenters. The van der Waals surface area contributed by atoms with Crippen molar-refractivity contribution in [1.82, 2.24) is 9.80 Å². The van der Waals surface area contributed by atoms with Gasteiger partial charge in [-0.2, -0.15) is 0 Å². The lowest BCUT2D eigenvalue weighted by Gasteiger charge is -2.41. The number of carbonyl (C=O) groups excluding carboxylic acids is 2. The van der Waals surface area contributed by atoms with Crippen LogP contribution in [0.4, 0.5) is 0 Å². The maximum Gasteiger partial charge on any atom is 0.267 e. The van der Waals surface area contributed by atoms with Crippen molar-refractivity contribution in [2.24, 2.45) is 11.8 Å². The number of nitrogens with zero attached hydrogens (tertiary/aromatic N) is 2. The van der Waals surface area contributed by atoms with Crippen molar-refractivity contribution in [3.8, 4) is 17.2 Å². The number of likely N-dealkylation sites (tertiary alicyclic amines) is 1. The minimum Gasteiger partial charge on any atom is -0.497 e. The van der Waals surface area contributed by atoms with Crippen LogP contribution in [0, 0.1) is 11.8 Å². The highest BCUT2D eigenvalue weighted by atomic mass is 16.6. The molecule has 0 radical (unpaired) electrons. The van der Waals surface area contributed by atoms with Gasteiger partial charge < -0.3 is 24.0 Å². The Labute approximate surface area is 214 Å². The number of piperidine rings is 1. The second-order valence-corrected chi connectivity index (χ2v) is 10.3. The van der Waals surface area contributed by atoms with Crippen LogP contribution >= 0.6 is 0 Å². The number of amides is 2. The minimum absolute atomic E-state index is 0.0310. The number of fused-ring (bicyclic) bond motifs is 1. The van der Waals surface area contributed by atoms with Gasteiger partial charge in [0.15, 0.2) is 11.5 Å². The third kappa shape index (κ3) is 6.12. The van der Waals surface area contributed by atoms with E-state index in [4.69, 9.17) is 14.2 Å². The first-order valence-corrected chi connectivity index (χ1v) is 12.9. The van der Waals surface area contributed by atoms with Crippen molar-refractivity contribution in [1.29, 1.82) is 0 Å². The van der Waals surface area contributed by atoms with E-state index in [9.17, 15) is 9.59 Å². The van der Waals surface area contributed by atoms with Gasteiger partial charge in [0, 0.05) is 32.6 Å². The van der Waals surface area contributed by atoms with Gasteiger partial charge in [0.2, 0.25) is 12.0 Å². The summed E-state index contributed by atoms with van der Waals surface area (Å²) in [6.45, 7) is 5.66. The zero-order chi connectivity index (χ0) is 25.7. The molecule has 2 aromatic rings. The summed E-state index contributed by atoms with van der Waals surface area (Å²) in [7, 11) is 3.60. The van der Waals surface area contributed by atoms with E-state index in [1.165, 1.54) is 0 Å². The molecular formula is C29H38N2O5. The van der Waals surface area contributed by atoms with Gasteiger partial charge in [0.05, 0.1) is 7.11 Å². The maximum absolute atomic E-state index is 13.2. The molecule has 0 N–H and O–H groups in total. The van der Waals surface area contributed by atoms with Crippen LogP contribution in [0.25, 0.3) is 0 Å². The van der Waals surface area contributed by atoms with Crippen molar-refractivity contribution in [3.63, 3.8) is 0 Å². The van der Waals surface area contributed by atoms with Crippen molar-refractivity contribution in [3.05, 3.63) is 54.1 Å². The molecule has 1 fully saturated rings. The van der Waals surface area contributed by atoms with E-state index in [0.29, 0.717) is 42.8 Å². The number of hydrogen-bond donors (Lipinski definition) is 0. The average Bonchev–Trinajstić information content (AvgIpc) is 2.90. The van der Waals surface area contributed by atoms with Crippen LogP contribution in [0.3, 0.4) is 0 Å². The molecule has 0 aromatic heterocycles. The summed E-state index contributed by atoms with van der Waals surface area (Å²) >= 11 is 0. The van der Waals surface area contributed by atoms with Crippen molar-refractivity contribution in [2.45, 2.75) is 51.7 Å². The highest BCUT2D eigenvalue weighted by Crippen LogP contribution is 2.33. The number of benzene rings is 2. The van der Waals surface area contributed by atoms with Crippen LogP contribution < -0.4 is 14.2 Å². The lowest BCUT2D eigenvalue weighted by molar-refractivity contribution is -0.144. The van der Waals surface area contributed by atoms with Gasteiger partial charge in [0.25, 0.3) is 5.91 Å². The standard InChI is InChI=1S/C29H38N2O5/c1-20(2)16-28(32)30(3)24(18-21-8-7-9-23(17-21)34-4)22-12-14-31(15-13-22)29(33)27-19-35-25-10-5-6-11-26(25)36-27/h5-11,17,20,22,24,27H,12-16,18-19H2,1-4H3/t24-,27-/m0/s1. The molecular weight excluding hydrogens is 456 g/mol. The molecule has 4 rings (SSSR count). The summed E-state index contributed by atoms with van der Waals surface area (Å²) < 4.78 is 17.1. The summed E-state index contributed by atoms with van der Waals surface area (Å²) in [4.78, 5) is 30.1. The topological polar surface area (TPSA) is 68.3 Å². The zero-order valence-corrected chi connectivity index (χ0v) is 21.8. The highest BCUT2D eigenvalue weighted by Gasteiger charge is 2.36. The normalized spacial score (nSPS) is 18.6. The molecule has 36 heavy (non-hydrogen) atoms. The number of hydrogen-bond acceptors (Lipinski definition) is 5. The Morgan fingerprint density at radius 3 is 2.50 bits per heavy atom. The van der Waals surface area contributed by atoms with Gasteiger partial charge in [-0.15, -0.1) is 0 Å². The molecule has 2 aromatic carbocycles. The Morgan fingerprint density at radius 1 is 1.08 bits per heavy atom. The monoisotopic (exact) mass is 494 g/mol. The van der Waals surface area contributed by atoms with Crippen LogP contribution in [-0.2, 0) is 16.0 Å². The maximum atomic E-state index is 13.2. The van der Waals surface area contributed by atoms with Gasteiger partial charge in [-0.05, 0) is 60.9 Å². The first kappa shape index (κ1) is 25.9. The molecule has 0 bridgehead atoms. The Bertz CT molecular complexity index is 1050. The fourth-order valence-corrected chi connectivity index (χ4v) is 5.19. The second-order valence-electron chi connectivity index (χ2n) is 10.3. The fraction of sp³-hybridized carbons (Fsp3) is 0.517. The summed E-state index contributed by atoms with van der Waals surface area (Å²) in [5.74, 6) is 2.85. The third-order valence-electron chi connectivity index (χ3n) is 7.23. The molecule has 0 saturated carbocycles. The molecule has 1 saturated heterocycles. The van der Waals surface area contributed by atoms with Crippen LogP contribution in [-0.4, -0.2) is 67.6 Å². The number of methoxy groups -OCH3 is 1. The number of carbonyl (C=O) groups is 2. The largest absolute Gasteiger partial charge is 0.497 e. The van der Waals surface area contributed by atoms with E-state index in [1.54, 1.807) is 7.11 Å². The summed E-state index contributed by atoms with van der Waals surface area (Å²) in [5.41, 5.74) is 1.15. The lowest BCUT2D eigenvalue weighted by atomic mass is 9.84. The smallest absolute Gasteiger partial charge is 0.267 e. The van der Waals surface area contributed by atoms with Crippen molar-refractivity contribution in [2.75, 3.05) is 33.9 Å². The Kier molecular flexibility index (Phi) is 8.39. The number of rotatable bonds is 8. The first-order valence-electron chi connectivity index (χ1n) is 12.9. The molecule has 7 heteroatoms. The van der Waals surface area contributed by atoms with Gasteiger partial charge in [-0.25, -0.2) is 0 Å². The predicted octanol–water partition coefficient (Wildman–Crippen LogP) is 4.19. The summed E-state index contributed by atoms with van der Waals surface area (Å²) in [6, 6.07) is 15.6. The first-order chi connectivity index (χ1) is 17.4. The van der Waals surface area contributed by atoms with E-state index in [2.05, 4.69) is 19.9 Å². The van der Waals surface area contributed by atoms with Crippen LogP contribution in [0.1, 0.15) is 38.7 Å². The number of para-hydroxylation sites is 2. The second kappa shape index (κ2) is 11.7. The lowest BCUT2D eigenvalue weighted by Crippen LogP contribution is -2.52. The van der Waals surface area contributed by atoms with Crippen molar-refractivity contribution < 1.29 is 23.8 Å². The highest BCUT2D eigenvalue weighted by molar-refractivity contribution is 5.82. The minimum atomic E-state index is -0.626. The Morgan fingerprint density at radius 2 is 1.81 bits per heavy atom. The zero-order valence-electron chi connectivity index (χ0n) is 21.8. The van der Waals surface area contributed by atoms with Crippen molar-refractivity contribution >= 4 is 11.8 Å². The molecule has 194 valence electrons. The molecule has 2 aliphatic rings. The van der Waals surface area contributed by atoms with Crippen LogP contribution in [0.5, 0.6) is 17.2 Å². The SMILES string of the molecule is COc1cccc(C[C@@H](C2CCN(C(=O)[C@@H]3COc4ccccc4O3)CC2)N(C)C(=O)CC(C)C)c1. The van der Waals surface area contributed by atoms with Gasteiger partial charge in [-0.1, -0.05) is 38.1 Å². The Balaban J connectivity index is 1.42. The Hall–Kier alpha value is -3.22. The molecule has 2 amide bonds. The molecule has 7 nitrogen and oxygen atoms in total. The van der Waals surface area contributed by atoms with E-state index < -0.39 is 6.10 Å². The quantitative estimate of drug-likeness (QED) is 0.551. The number of likely N-dealkylation sites (N-methyl/N-ethyl adjacent to an activating group) is 1. The van der Waals surface area contributed by atoms with E-state index in [0.717, 1.165) is 30.6 Å². The van der Waals surface area contributed by atoms with Gasteiger partial charge in [0.1, 0.15) is 12.4 Å². The molecule has 2 aliphatic heterocycles. The molecule has 0 aliphatic carbocycles. The van der Waals surface area contributed by atoms with E-state index in [1.807, 2.05) is 59.3 Å². The van der Waals surface area contributed by atoms with Gasteiger partial charge >= 0.3 is 0 Å². The molecule has 2 heterocycles. The fourth-order valence-electron chi connectivity index (χ4n) is 5.19. The number of ether oxygens (including phenoxy) is 3. The third-order valence-corrected chi connectivity index (χ3v) is 7.23. The van der Waals surface area contributed by atoms with Crippen LogP contribution in [0.15, 0.2) is 48.5 Å². The molecule has 0 spiro atoms. The molecule has 0 unspecified atom stereocenters. The average molecular weight is 495 g/mol. The van der Waals surface area contributed by atoms with E-state index in [-0.39, 0.29) is 24.5 Å². The summed E-state index contributed by atoms with van der Waals surface area (Å²) in [5, 5.41) is 0. The van der Waals surface area contributed by atoms with Gasteiger partial charge in [-0.3, -0.25) is 9.59 Å².